The molecule has 0 aliphatic carbocycles. The Bertz CT molecular complexity index is 337. The van der Waals surface area contributed by atoms with E-state index in [1.54, 1.807) is 0 Å². The van der Waals surface area contributed by atoms with E-state index in [4.69, 9.17) is 23.2 Å². The zero-order valence-corrected chi connectivity index (χ0v) is 7.16. The van der Waals surface area contributed by atoms with Crippen LogP contribution in [-0.2, 0) is 4.79 Å². The molecule has 1 aromatic carbocycles. The van der Waals surface area contributed by atoms with Crippen LogP contribution < -0.4 is 0 Å². The molecular weight excluding hydrogens is 204 g/mol. The van der Waals surface area contributed by atoms with Crippen LogP contribution in [0.15, 0.2) is 17.1 Å². The number of halogens is 3. The SMILES string of the molecule is O=C=Nc1cc(F)c(Cl)c(Cl)c1. The third-order valence-corrected chi connectivity index (χ3v) is 1.92. The molecular formula is C7H2Cl2FNO. The van der Waals surface area contributed by atoms with Gasteiger partial charge in [-0.3, -0.25) is 0 Å². The summed E-state index contributed by atoms with van der Waals surface area (Å²) >= 11 is 10.9. The molecule has 0 fully saturated rings. The molecule has 0 bridgehead atoms. The van der Waals surface area contributed by atoms with E-state index in [0.29, 0.717) is 0 Å². The van der Waals surface area contributed by atoms with Crippen LogP contribution in [0, 0.1) is 5.82 Å². The van der Waals surface area contributed by atoms with Crippen molar-refractivity contribution in [2.45, 2.75) is 0 Å². The Morgan fingerprint density at radius 3 is 2.58 bits per heavy atom. The lowest BCUT2D eigenvalue weighted by Crippen LogP contribution is -1.77. The predicted octanol–water partition coefficient (Wildman–Crippen LogP) is 3.10. The fraction of sp³-hybridized carbons (Fsp3) is 0. The molecule has 0 aliphatic heterocycles. The Balaban J connectivity index is 3.30. The molecule has 0 radical (unpaired) electrons. The molecule has 0 spiro atoms. The summed E-state index contributed by atoms with van der Waals surface area (Å²) in [5.74, 6) is -0.710. The van der Waals surface area contributed by atoms with Gasteiger partial charge >= 0.3 is 0 Å². The highest BCUT2D eigenvalue weighted by atomic mass is 35.5. The van der Waals surface area contributed by atoms with Crippen molar-refractivity contribution in [1.29, 1.82) is 0 Å². The van der Waals surface area contributed by atoms with E-state index < -0.39 is 5.82 Å². The first-order valence-electron chi connectivity index (χ1n) is 2.87. The van der Waals surface area contributed by atoms with E-state index in [2.05, 4.69) is 4.99 Å². The molecule has 0 aliphatic rings. The second-order valence-corrected chi connectivity index (χ2v) is 2.71. The summed E-state index contributed by atoms with van der Waals surface area (Å²) in [4.78, 5) is 13.0. The van der Waals surface area contributed by atoms with Gasteiger partial charge in [0.15, 0.2) is 0 Å². The van der Waals surface area contributed by atoms with Crippen molar-refractivity contribution >= 4 is 35.0 Å². The van der Waals surface area contributed by atoms with Crippen molar-refractivity contribution in [2.75, 3.05) is 0 Å². The molecule has 0 N–H and O–H groups in total. The molecule has 1 aromatic rings. The Morgan fingerprint density at radius 2 is 2.08 bits per heavy atom. The zero-order chi connectivity index (χ0) is 9.14. The normalized spacial score (nSPS) is 9.25. The van der Waals surface area contributed by atoms with Crippen LogP contribution >= 0.6 is 23.2 Å². The average molecular weight is 206 g/mol. The van der Waals surface area contributed by atoms with Crippen molar-refractivity contribution in [3.63, 3.8) is 0 Å². The highest BCUT2D eigenvalue weighted by molar-refractivity contribution is 6.42. The molecule has 0 unspecified atom stereocenters. The predicted molar refractivity (Wildman–Crippen MR) is 44.2 cm³/mol. The summed E-state index contributed by atoms with van der Waals surface area (Å²) in [6, 6.07) is 2.27. The average Bonchev–Trinajstić information content (AvgIpc) is 2.01. The third-order valence-electron chi connectivity index (χ3n) is 1.14. The second-order valence-electron chi connectivity index (χ2n) is 1.93. The van der Waals surface area contributed by atoms with Crippen LogP contribution in [0.25, 0.3) is 0 Å². The van der Waals surface area contributed by atoms with E-state index >= 15 is 0 Å². The molecule has 2 nitrogen and oxygen atoms in total. The number of nitrogens with zero attached hydrogens (tertiary/aromatic N) is 1. The van der Waals surface area contributed by atoms with Gasteiger partial charge in [-0.1, -0.05) is 23.2 Å². The summed E-state index contributed by atoms with van der Waals surface area (Å²) < 4.78 is 12.8. The smallest absolute Gasteiger partial charge is 0.211 e. The number of isocyanates is 1. The van der Waals surface area contributed by atoms with E-state index in [1.165, 1.54) is 12.1 Å². The van der Waals surface area contributed by atoms with Gasteiger partial charge in [0.2, 0.25) is 6.08 Å². The fourth-order valence-corrected chi connectivity index (χ4v) is 0.971. The minimum Gasteiger partial charge on any atom is -0.211 e. The van der Waals surface area contributed by atoms with Gasteiger partial charge in [-0.25, -0.2) is 9.18 Å². The van der Waals surface area contributed by atoms with Crippen LogP contribution in [-0.4, -0.2) is 6.08 Å². The molecule has 0 saturated carbocycles. The first kappa shape index (κ1) is 9.20. The Kier molecular flexibility index (Phi) is 2.82. The van der Waals surface area contributed by atoms with Gasteiger partial charge in [0.05, 0.1) is 15.7 Å². The Hall–Kier alpha value is -0.890. The van der Waals surface area contributed by atoms with Gasteiger partial charge in [0.1, 0.15) is 5.82 Å². The maximum atomic E-state index is 12.8. The van der Waals surface area contributed by atoms with E-state index in [-0.39, 0.29) is 15.7 Å². The molecule has 0 heterocycles. The van der Waals surface area contributed by atoms with Gasteiger partial charge in [-0.15, -0.1) is 0 Å². The highest BCUT2D eigenvalue weighted by Crippen LogP contribution is 2.29. The van der Waals surface area contributed by atoms with Crippen LogP contribution in [0.1, 0.15) is 0 Å². The summed E-state index contributed by atoms with van der Waals surface area (Å²) in [5.41, 5.74) is 0.0944. The van der Waals surface area contributed by atoms with Crippen LogP contribution in [0.4, 0.5) is 10.1 Å². The minimum atomic E-state index is -0.710. The van der Waals surface area contributed by atoms with E-state index in [0.717, 1.165) is 6.07 Å². The van der Waals surface area contributed by atoms with Gasteiger partial charge in [0, 0.05) is 6.07 Å². The number of hydrogen-bond acceptors (Lipinski definition) is 2. The summed E-state index contributed by atoms with van der Waals surface area (Å²) in [7, 11) is 0. The van der Waals surface area contributed by atoms with Gasteiger partial charge < -0.3 is 0 Å². The monoisotopic (exact) mass is 205 g/mol. The van der Waals surface area contributed by atoms with Crippen molar-refractivity contribution in [1.82, 2.24) is 0 Å². The molecule has 62 valence electrons. The van der Waals surface area contributed by atoms with Crippen LogP contribution in [0.3, 0.4) is 0 Å². The van der Waals surface area contributed by atoms with Gasteiger partial charge in [0.25, 0.3) is 0 Å². The lowest BCUT2D eigenvalue weighted by molar-refractivity contribution is 0.565. The highest BCUT2D eigenvalue weighted by Gasteiger charge is 2.06. The van der Waals surface area contributed by atoms with Crippen LogP contribution in [0.2, 0.25) is 10.0 Å². The quantitative estimate of drug-likeness (QED) is 0.394. The summed E-state index contributed by atoms with van der Waals surface area (Å²) in [6.45, 7) is 0. The zero-order valence-electron chi connectivity index (χ0n) is 5.64. The van der Waals surface area contributed by atoms with Gasteiger partial charge in [-0.05, 0) is 6.07 Å². The largest absolute Gasteiger partial charge is 0.240 e. The first-order valence-corrected chi connectivity index (χ1v) is 3.63. The van der Waals surface area contributed by atoms with Crippen molar-refractivity contribution in [3.8, 4) is 0 Å². The van der Waals surface area contributed by atoms with Crippen molar-refractivity contribution in [2.24, 2.45) is 4.99 Å². The number of rotatable bonds is 1. The van der Waals surface area contributed by atoms with Crippen molar-refractivity contribution < 1.29 is 9.18 Å². The molecule has 0 aromatic heterocycles. The lowest BCUT2D eigenvalue weighted by Gasteiger charge is -1.97. The summed E-state index contributed by atoms with van der Waals surface area (Å²) in [5, 5.41) is -0.160. The topological polar surface area (TPSA) is 29.4 Å². The fourth-order valence-electron chi connectivity index (χ4n) is 0.659. The lowest BCUT2D eigenvalue weighted by atomic mass is 10.3. The first-order chi connectivity index (χ1) is 5.65. The maximum absolute atomic E-state index is 12.8. The standard InChI is InChI=1S/C7H2Cl2FNO/c8-5-1-4(11-3-12)2-6(10)7(5)9/h1-2H. The third kappa shape index (κ3) is 1.83. The molecule has 12 heavy (non-hydrogen) atoms. The number of carbonyl (C=O) groups excluding carboxylic acids is 1. The minimum absolute atomic E-state index is 0.0191. The van der Waals surface area contributed by atoms with E-state index in [1.807, 2.05) is 0 Å². The molecule has 5 heteroatoms. The molecule has 0 atom stereocenters. The molecule has 1 rings (SSSR count). The summed E-state index contributed by atoms with van der Waals surface area (Å²) in [6.07, 6.45) is 1.26. The number of hydrogen-bond donors (Lipinski definition) is 0. The maximum Gasteiger partial charge on any atom is 0.240 e. The number of aliphatic imine (C=N–C) groups is 1. The Morgan fingerprint density at radius 1 is 1.42 bits per heavy atom. The van der Waals surface area contributed by atoms with Gasteiger partial charge in [-0.2, -0.15) is 4.99 Å². The second kappa shape index (κ2) is 3.68. The van der Waals surface area contributed by atoms with Crippen molar-refractivity contribution in [3.05, 3.63) is 28.0 Å². The molecule has 0 amide bonds. The number of benzene rings is 1. The Labute approximate surface area is 77.6 Å². The molecule has 0 saturated heterocycles. The van der Waals surface area contributed by atoms with Crippen LogP contribution in [0.5, 0.6) is 0 Å². The van der Waals surface area contributed by atoms with E-state index in [9.17, 15) is 9.18 Å².